The van der Waals surface area contributed by atoms with Crippen LogP contribution in [-0.4, -0.2) is 45.1 Å². The molecule has 4 aliphatic heterocycles. The van der Waals surface area contributed by atoms with E-state index >= 15 is 4.79 Å². The number of rotatable bonds is 2. The Morgan fingerprint density at radius 1 is 0.833 bits per heavy atom. The van der Waals surface area contributed by atoms with Crippen LogP contribution in [0.2, 0.25) is 0 Å². The summed E-state index contributed by atoms with van der Waals surface area (Å²) >= 11 is 1.54. The molecule has 42 heavy (non-hydrogen) atoms. The van der Waals surface area contributed by atoms with Gasteiger partial charge in [0.1, 0.15) is 4.75 Å². The first-order chi connectivity index (χ1) is 20.6. The van der Waals surface area contributed by atoms with Gasteiger partial charge in [-0.25, -0.2) is 4.99 Å². The lowest BCUT2D eigenvalue weighted by atomic mass is 9.71. The van der Waals surface area contributed by atoms with Gasteiger partial charge in [0.15, 0.2) is 10.7 Å². The number of anilines is 1. The van der Waals surface area contributed by atoms with Crippen LogP contribution in [0, 0.1) is 0 Å². The SMILES string of the molecule is CN1CC(c2ccccc2)C2(SC3=NC4=C(CCCCCC4)C(c4ccccc4)N3C2=O)C12C(=O)Nc1ccccc12. The average Bonchev–Trinajstić information content (AvgIpc) is 3.57. The molecule has 2 saturated heterocycles. The van der Waals surface area contributed by atoms with E-state index in [0.29, 0.717) is 6.54 Å². The molecular formula is C35H34N4O2S. The molecule has 8 rings (SSSR count). The van der Waals surface area contributed by atoms with Crippen LogP contribution >= 0.6 is 11.8 Å². The molecule has 212 valence electrons. The zero-order chi connectivity index (χ0) is 28.5. The summed E-state index contributed by atoms with van der Waals surface area (Å²) in [7, 11) is 2.01. The van der Waals surface area contributed by atoms with E-state index in [1.807, 2.05) is 60.5 Å². The molecule has 0 saturated carbocycles. The summed E-state index contributed by atoms with van der Waals surface area (Å²) in [5.41, 5.74) is 5.07. The smallest absolute Gasteiger partial charge is 0.251 e. The number of aliphatic imine (C=N–C) groups is 1. The molecule has 0 aromatic heterocycles. The van der Waals surface area contributed by atoms with Crippen molar-refractivity contribution in [2.45, 2.75) is 60.8 Å². The number of carbonyl (C=O) groups is 2. The minimum atomic E-state index is -1.18. The van der Waals surface area contributed by atoms with Crippen LogP contribution in [0.3, 0.4) is 0 Å². The van der Waals surface area contributed by atoms with Gasteiger partial charge in [0.2, 0.25) is 5.91 Å². The Morgan fingerprint density at radius 2 is 1.50 bits per heavy atom. The first-order valence-corrected chi connectivity index (χ1v) is 15.9. The molecule has 6 nitrogen and oxygen atoms in total. The Hall–Kier alpha value is -3.68. The fourth-order valence-electron chi connectivity index (χ4n) is 8.29. The third-order valence-electron chi connectivity index (χ3n) is 10.1. The van der Waals surface area contributed by atoms with Crippen molar-refractivity contribution in [2.24, 2.45) is 4.99 Å². The van der Waals surface area contributed by atoms with E-state index in [9.17, 15) is 4.79 Å². The van der Waals surface area contributed by atoms with Gasteiger partial charge < -0.3 is 5.32 Å². The summed E-state index contributed by atoms with van der Waals surface area (Å²) < 4.78 is -1.13. The molecule has 2 fully saturated rings. The van der Waals surface area contributed by atoms with Crippen molar-refractivity contribution < 1.29 is 9.59 Å². The number of allylic oxidation sites excluding steroid dienone is 1. The van der Waals surface area contributed by atoms with Crippen molar-refractivity contribution in [3.05, 3.63) is 113 Å². The van der Waals surface area contributed by atoms with Crippen molar-refractivity contribution in [3.8, 4) is 0 Å². The normalized spacial score (nSPS) is 30.6. The molecule has 3 aromatic carbocycles. The molecule has 1 N–H and O–H groups in total. The van der Waals surface area contributed by atoms with Gasteiger partial charge in [0.25, 0.3) is 5.91 Å². The number of nitrogens with zero attached hydrogens (tertiary/aromatic N) is 3. The van der Waals surface area contributed by atoms with Crippen LogP contribution in [0.1, 0.15) is 67.2 Å². The van der Waals surface area contributed by atoms with Crippen LogP contribution in [0.4, 0.5) is 5.69 Å². The monoisotopic (exact) mass is 574 g/mol. The number of amidine groups is 1. The zero-order valence-electron chi connectivity index (χ0n) is 23.8. The molecule has 1 aliphatic carbocycles. The molecular weight excluding hydrogens is 540 g/mol. The number of hydrogen-bond donors (Lipinski definition) is 1. The second-order valence-electron chi connectivity index (χ2n) is 12.2. The second-order valence-corrected chi connectivity index (χ2v) is 13.4. The Labute approximate surface area is 250 Å². The zero-order valence-corrected chi connectivity index (χ0v) is 24.6. The number of amides is 2. The fraction of sp³-hybridized carbons (Fsp3) is 0.343. The maximum atomic E-state index is 15.6. The Balaban J connectivity index is 1.38. The van der Waals surface area contributed by atoms with Crippen LogP contribution in [0.5, 0.6) is 0 Å². The lowest BCUT2D eigenvalue weighted by Gasteiger charge is -2.42. The fourth-order valence-corrected chi connectivity index (χ4v) is 10.1. The van der Waals surface area contributed by atoms with Crippen molar-refractivity contribution in [1.82, 2.24) is 9.80 Å². The highest BCUT2D eigenvalue weighted by Crippen LogP contribution is 2.67. The Bertz CT molecular complexity index is 1650. The van der Waals surface area contributed by atoms with Crippen LogP contribution < -0.4 is 5.32 Å². The number of thioether (sulfide) groups is 1. The first kappa shape index (κ1) is 26.0. The summed E-state index contributed by atoms with van der Waals surface area (Å²) in [5.74, 6) is -0.363. The van der Waals surface area contributed by atoms with E-state index in [-0.39, 0.29) is 23.8 Å². The summed E-state index contributed by atoms with van der Waals surface area (Å²) in [4.78, 5) is 39.5. The first-order valence-electron chi connectivity index (χ1n) is 15.1. The van der Waals surface area contributed by atoms with Gasteiger partial charge in [-0.2, -0.15) is 0 Å². The number of benzene rings is 3. The number of nitrogens with one attached hydrogen (secondary N) is 1. The molecule has 4 atom stereocenters. The van der Waals surface area contributed by atoms with Crippen LogP contribution in [0.25, 0.3) is 0 Å². The molecule has 4 unspecified atom stereocenters. The van der Waals surface area contributed by atoms with E-state index in [0.717, 1.165) is 58.9 Å². The molecule has 4 heterocycles. The van der Waals surface area contributed by atoms with Crippen LogP contribution in [-0.2, 0) is 15.1 Å². The molecule has 5 aliphatic rings. The van der Waals surface area contributed by atoms with Gasteiger partial charge in [0.05, 0.1) is 6.04 Å². The third-order valence-corrected chi connectivity index (χ3v) is 11.6. The van der Waals surface area contributed by atoms with Crippen molar-refractivity contribution >= 4 is 34.4 Å². The number of fused-ring (bicyclic) bond motifs is 4. The topological polar surface area (TPSA) is 65.0 Å². The van der Waals surface area contributed by atoms with Gasteiger partial charge in [-0.05, 0) is 55.5 Å². The second kappa shape index (κ2) is 9.68. The number of likely N-dealkylation sites (N-methyl/N-ethyl adjacent to an activating group) is 1. The Morgan fingerprint density at radius 3 is 2.26 bits per heavy atom. The summed E-state index contributed by atoms with van der Waals surface area (Å²) in [6.07, 6.45) is 6.47. The van der Waals surface area contributed by atoms with Gasteiger partial charge >= 0.3 is 0 Å². The average molecular weight is 575 g/mol. The van der Waals surface area contributed by atoms with E-state index < -0.39 is 10.3 Å². The maximum absolute atomic E-state index is 15.6. The largest absolute Gasteiger partial charge is 0.324 e. The van der Waals surface area contributed by atoms with Gasteiger partial charge in [-0.15, -0.1) is 0 Å². The van der Waals surface area contributed by atoms with Gasteiger partial charge in [-0.1, -0.05) is 103 Å². The van der Waals surface area contributed by atoms with Gasteiger partial charge in [-0.3, -0.25) is 19.4 Å². The van der Waals surface area contributed by atoms with Crippen LogP contribution in [0.15, 0.2) is 101 Å². The van der Waals surface area contributed by atoms with E-state index in [1.165, 1.54) is 30.2 Å². The predicted molar refractivity (Wildman–Crippen MR) is 167 cm³/mol. The highest BCUT2D eigenvalue weighted by molar-refractivity contribution is 8.16. The molecule has 2 amide bonds. The number of hydrogen-bond acceptors (Lipinski definition) is 5. The van der Waals surface area contributed by atoms with E-state index in [2.05, 4.69) is 46.6 Å². The molecule has 7 heteroatoms. The van der Waals surface area contributed by atoms with Gasteiger partial charge in [0, 0.05) is 29.4 Å². The lowest BCUT2D eigenvalue weighted by Crippen LogP contribution is -2.62. The highest BCUT2D eigenvalue weighted by atomic mass is 32.2. The predicted octanol–water partition coefficient (Wildman–Crippen LogP) is 6.60. The molecule has 3 aromatic rings. The standard InChI is InChI=1S/C35H34N4O2S/c1-38-22-27(23-14-6-4-7-15-23)35(34(38)26-19-12-13-21-29(26)36-31(34)40)32(41)39-30(24-16-8-5-9-17-24)25-18-10-2-3-11-20-28(25)37-33(39)42-35/h4-9,12-17,19,21,27,30H,2-3,10-11,18,20,22H2,1H3,(H,36,40). The minimum Gasteiger partial charge on any atom is -0.324 e. The van der Waals surface area contributed by atoms with E-state index in [1.54, 1.807) is 0 Å². The molecule has 0 radical (unpaired) electrons. The third kappa shape index (κ3) is 3.35. The van der Waals surface area contributed by atoms with Crippen molar-refractivity contribution in [1.29, 1.82) is 0 Å². The van der Waals surface area contributed by atoms with Crippen molar-refractivity contribution in [2.75, 3.05) is 18.9 Å². The van der Waals surface area contributed by atoms with E-state index in [4.69, 9.17) is 4.99 Å². The Kier molecular flexibility index (Phi) is 5.99. The number of para-hydroxylation sites is 1. The highest BCUT2D eigenvalue weighted by Gasteiger charge is 2.78. The summed E-state index contributed by atoms with van der Waals surface area (Å²) in [6, 6.07) is 28.4. The quantitative estimate of drug-likeness (QED) is 0.375. The maximum Gasteiger partial charge on any atom is 0.251 e. The minimum absolute atomic E-state index is 0.0150. The number of likely N-dealkylation sites (tertiary alicyclic amines) is 1. The number of carbonyl (C=O) groups excluding carboxylic acids is 2. The lowest BCUT2D eigenvalue weighted by molar-refractivity contribution is -0.139. The van der Waals surface area contributed by atoms with Crippen molar-refractivity contribution in [3.63, 3.8) is 0 Å². The summed E-state index contributed by atoms with van der Waals surface area (Å²) in [6.45, 7) is 0.578. The molecule has 2 spiro atoms. The molecule has 0 bridgehead atoms. The summed E-state index contributed by atoms with van der Waals surface area (Å²) in [5, 5.41) is 3.92.